The Balaban J connectivity index is 4.02. The van der Waals surface area contributed by atoms with Crippen LogP contribution in [0.2, 0.25) is 0 Å². The van der Waals surface area contributed by atoms with Gasteiger partial charge >= 0.3 is 11.9 Å². The fourth-order valence-corrected chi connectivity index (χ4v) is 2.98. The zero-order valence-corrected chi connectivity index (χ0v) is 20.7. The highest BCUT2D eigenvalue weighted by molar-refractivity contribution is 5.82. The molecule has 0 aromatic rings. The van der Waals surface area contributed by atoms with E-state index in [0.717, 1.165) is 38.9 Å². The number of ether oxygens (including phenoxy) is 6. The molecule has 190 valence electrons. The van der Waals surface area contributed by atoms with Crippen LogP contribution in [0, 0.1) is 11.8 Å². The molecule has 32 heavy (non-hydrogen) atoms. The summed E-state index contributed by atoms with van der Waals surface area (Å²) in [5.41, 5.74) is 0. The van der Waals surface area contributed by atoms with Gasteiger partial charge in [-0.15, -0.1) is 0 Å². The SMILES string of the molecule is CCCCOCCOCCOC(=O)C(CC)C(CC)C(=O)OCCOCCOCCCC. The van der Waals surface area contributed by atoms with Crippen LogP contribution < -0.4 is 0 Å². The second-order valence-electron chi connectivity index (χ2n) is 7.52. The molecule has 0 aliphatic rings. The molecule has 0 saturated carbocycles. The number of carbonyl (C=O) groups is 2. The van der Waals surface area contributed by atoms with Gasteiger partial charge in [0.2, 0.25) is 0 Å². The number of carbonyl (C=O) groups excluding carboxylic acids is 2. The predicted octanol–water partition coefficient (Wildman–Crippen LogP) is 3.79. The highest BCUT2D eigenvalue weighted by Gasteiger charge is 2.33. The molecular weight excluding hydrogens is 416 g/mol. The maximum Gasteiger partial charge on any atom is 0.309 e. The zero-order valence-electron chi connectivity index (χ0n) is 20.7. The average molecular weight is 463 g/mol. The Kier molecular flexibility index (Phi) is 22.1. The lowest BCUT2D eigenvalue weighted by molar-refractivity contribution is -0.163. The van der Waals surface area contributed by atoms with E-state index in [1.54, 1.807) is 0 Å². The largest absolute Gasteiger partial charge is 0.463 e. The smallest absolute Gasteiger partial charge is 0.309 e. The molecule has 0 spiro atoms. The third-order valence-electron chi connectivity index (χ3n) is 4.94. The van der Waals surface area contributed by atoms with Gasteiger partial charge in [0.1, 0.15) is 13.2 Å². The molecule has 0 radical (unpaired) electrons. The van der Waals surface area contributed by atoms with E-state index in [4.69, 9.17) is 28.4 Å². The number of unbranched alkanes of at least 4 members (excludes halogenated alkanes) is 2. The lowest BCUT2D eigenvalue weighted by Crippen LogP contribution is -2.33. The molecule has 0 aromatic heterocycles. The quantitative estimate of drug-likeness (QED) is 0.167. The first-order chi connectivity index (χ1) is 15.6. The van der Waals surface area contributed by atoms with E-state index >= 15 is 0 Å². The number of hydrogen-bond acceptors (Lipinski definition) is 8. The van der Waals surface area contributed by atoms with Gasteiger partial charge in [0.25, 0.3) is 0 Å². The summed E-state index contributed by atoms with van der Waals surface area (Å²) in [6.07, 6.45) is 5.29. The Hall–Kier alpha value is -1.22. The third-order valence-corrected chi connectivity index (χ3v) is 4.94. The van der Waals surface area contributed by atoms with Crippen molar-refractivity contribution in [1.82, 2.24) is 0 Å². The Bertz CT molecular complexity index is 404. The van der Waals surface area contributed by atoms with E-state index in [1.165, 1.54) is 0 Å². The van der Waals surface area contributed by atoms with Crippen LogP contribution in [0.1, 0.15) is 66.2 Å². The zero-order chi connectivity index (χ0) is 23.9. The first-order valence-corrected chi connectivity index (χ1v) is 12.3. The van der Waals surface area contributed by atoms with Crippen molar-refractivity contribution >= 4 is 11.9 Å². The highest BCUT2D eigenvalue weighted by Crippen LogP contribution is 2.22. The maximum absolute atomic E-state index is 12.5. The van der Waals surface area contributed by atoms with Gasteiger partial charge in [0.15, 0.2) is 0 Å². The summed E-state index contributed by atoms with van der Waals surface area (Å²) in [5, 5.41) is 0. The highest BCUT2D eigenvalue weighted by atomic mass is 16.6. The summed E-state index contributed by atoms with van der Waals surface area (Å²) in [4.78, 5) is 24.9. The van der Waals surface area contributed by atoms with Gasteiger partial charge in [-0.25, -0.2) is 0 Å². The summed E-state index contributed by atoms with van der Waals surface area (Å²) >= 11 is 0. The van der Waals surface area contributed by atoms with E-state index in [0.29, 0.717) is 52.5 Å². The monoisotopic (exact) mass is 462 g/mol. The Morgan fingerprint density at radius 3 is 1.12 bits per heavy atom. The Morgan fingerprint density at radius 2 is 0.812 bits per heavy atom. The van der Waals surface area contributed by atoms with Crippen molar-refractivity contribution in [3.63, 3.8) is 0 Å². The van der Waals surface area contributed by atoms with E-state index in [9.17, 15) is 9.59 Å². The van der Waals surface area contributed by atoms with Crippen LogP contribution in [0.5, 0.6) is 0 Å². The number of esters is 2. The van der Waals surface area contributed by atoms with Crippen molar-refractivity contribution in [2.24, 2.45) is 11.8 Å². The van der Waals surface area contributed by atoms with E-state index in [2.05, 4.69) is 13.8 Å². The molecule has 8 nitrogen and oxygen atoms in total. The van der Waals surface area contributed by atoms with Crippen molar-refractivity contribution in [3.8, 4) is 0 Å². The van der Waals surface area contributed by atoms with Gasteiger partial charge in [-0.3, -0.25) is 9.59 Å². The topological polar surface area (TPSA) is 89.5 Å². The van der Waals surface area contributed by atoms with Crippen LogP contribution in [0.3, 0.4) is 0 Å². The van der Waals surface area contributed by atoms with Crippen LogP contribution in [0.25, 0.3) is 0 Å². The number of hydrogen-bond donors (Lipinski definition) is 0. The maximum atomic E-state index is 12.5. The van der Waals surface area contributed by atoms with Gasteiger partial charge in [0, 0.05) is 13.2 Å². The molecule has 2 unspecified atom stereocenters. The molecule has 0 N–H and O–H groups in total. The first-order valence-electron chi connectivity index (χ1n) is 12.3. The molecule has 8 heteroatoms. The Morgan fingerprint density at radius 1 is 0.500 bits per heavy atom. The minimum Gasteiger partial charge on any atom is -0.463 e. The second kappa shape index (κ2) is 23.0. The molecule has 0 bridgehead atoms. The van der Waals surface area contributed by atoms with Gasteiger partial charge in [-0.05, 0) is 25.7 Å². The molecule has 0 aromatic carbocycles. The summed E-state index contributed by atoms with van der Waals surface area (Å²) < 4.78 is 32.3. The van der Waals surface area contributed by atoms with Crippen molar-refractivity contribution in [3.05, 3.63) is 0 Å². The van der Waals surface area contributed by atoms with Crippen LogP contribution >= 0.6 is 0 Å². The molecule has 2 atom stereocenters. The summed E-state index contributed by atoms with van der Waals surface area (Å²) in [5.74, 6) is -1.84. The van der Waals surface area contributed by atoms with Crippen LogP contribution in [-0.4, -0.2) is 78.0 Å². The first kappa shape index (κ1) is 30.8. The standard InChI is InChI=1S/C24H46O8/c1-5-9-11-27-13-15-29-17-19-31-23(25)21(7-3)22(8-4)24(26)32-20-18-30-16-14-28-12-10-6-2/h21-22H,5-20H2,1-4H3. The average Bonchev–Trinajstić information content (AvgIpc) is 2.79. The second-order valence-corrected chi connectivity index (χ2v) is 7.52. The van der Waals surface area contributed by atoms with Crippen molar-refractivity contribution in [2.75, 3.05) is 66.1 Å². The van der Waals surface area contributed by atoms with Crippen molar-refractivity contribution in [1.29, 1.82) is 0 Å². The van der Waals surface area contributed by atoms with Gasteiger partial charge in [0.05, 0.1) is 51.5 Å². The van der Waals surface area contributed by atoms with Crippen LogP contribution in [0.4, 0.5) is 0 Å². The molecule has 0 saturated heterocycles. The normalized spacial score (nSPS) is 13.0. The van der Waals surface area contributed by atoms with Gasteiger partial charge < -0.3 is 28.4 Å². The molecule has 0 aliphatic heterocycles. The molecule has 0 rings (SSSR count). The van der Waals surface area contributed by atoms with E-state index in [-0.39, 0.29) is 25.2 Å². The Labute approximate surface area is 194 Å². The lowest BCUT2D eigenvalue weighted by atomic mass is 9.88. The fourth-order valence-electron chi connectivity index (χ4n) is 2.98. The van der Waals surface area contributed by atoms with Crippen molar-refractivity contribution in [2.45, 2.75) is 66.2 Å². The van der Waals surface area contributed by atoms with Crippen molar-refractivity contribution < 1.29 is 38.0 Å². The van der Waals surface area contributed by atoms with Crippen LogP contribution in [-0.2, 0) is 38.0 Å². The van der Waals surface area contributed by atoms with E-state index in [1.807, 2.05) is 13.8 Å². The molecule has 0 heterocycles. The van der Waals surface area contributed by atoms with Crippen LogP contribution in [0.15, 0.2) is 0 Å². The predicted molar refractivity (Wildman–Crippen MR) is 123 cm³/mol. The fraction of sp³-hybridized carbons (Fsp3) is 0.917. The van der Waals surface area contributed by atoms with E-state index < -0.39 is 11.8 Å². The molecule has 0 amide bonds. The summed E-state index contributed by atoms with van der Waals surface area (Å²) in [6, 6.07) is 0. The lowest BCUT2D eigenvalue weighted by Gasteiger charge is -2.22. The minimum absolute atomic E-state index is 0.157. The molecule has 0 aliphatic carbocycles. The number of rotatable bonds is 23. The third kappa shape index (κ3) is 16.4. The van der Waals surface area contributed by atoms with Gasteiger partial charge in [-0.1, -0.05) is 40.5 Å². The van der Waals surface area contributed by atoms with Gasteiger partial charge in [-0.2, -0.15) is 0 Å². The summed E-state index contributed by atoms with van der Waals surface area (Å²) in [7, 11) is 0. The minimum atomic E-state index is -0.530. The molecule has 0 fully saturated rings. The molecular formula is C24H46O8. The summed E-state index contributed by atoms with van der Waals surface area (Å²) in [6.45, 7) is 12.4.